The van der Waals surface area contributed by atoms with E-state index < -0.39 is 0 Å². The molecule has 0 atom stereocenters. The SMILES string of the molecule is O=C1C=C(c2ccc(Br)s2)C(=O)N1. The van der Waals surface area contributed by atoms with E-state index in [1.165, 1.54) is 17.4 Å². The van der Waals surface area contributed by atoms with E-state index in [1.54, 1.807) is 6.07 Å². The summed E-state index contributed by atoms with van der Waals surface area (Å²) in [6, 6.07) is 3.65. The van der Waals surface area contributed by atoms with Crippen LogP contribution in [0, 0.1) is 0 Å². The summed E-state index contributed by atoms with van der Waals surface area (Å²) in [4.78, 5) is 22.8. The summed E-state index contributed by atoms with van der Waals surface area (Å²) in [6.45, 7) is 0. The number of amides is 2. The molecule has 0 radical (unpaired) electrons. The highest BCUT2D eigenvalue weighted by molar-refractivity contribution is 9.11. The average Bonchev–Trinajstić information content (AvgIpc) is 2.58. The highest BCUT2D eigenvalue weighted by atomic mass is 79.9. The van der Waals surface area contributed by atoms with Crippen molar-refractivity contribution in [2.24, 2.45) is 0 Å². The number of halogens is 1. The molecule has 1 aromatic rings. The van der Waals surface area contributed by atoms with E-state index in [0.29, 0.717) is 5.57 Å². The molecule has 0 spiro atoms. The van der Waals surface area contributed by atoms with Crippen LogP contribution in [0.15, 0.2) is 22.0 Å². The number of imide groups is 1. The van der Waals surface area contributed by atoms with Crippen molar-refractivity contribution in [2.45, 2.75) is 0 Å². The second kappa shape index (κ2) is 3.08. The monoisotopic (exact) mass is 257 g/mol. The largest absolute Gasteiger partial charge is 0.289 e. The summed E-state index contributed by atoms with van der Waals surface area (Å²) in [5, 5.41) is 2.20. The van der Waals surface area contributed by atoms with Gasteiger partial charge in [0.2, 0.25) is 0 Å². The van der Waals surface area contributed by atoms with Crippen molar-refractivity contribution in [1.82, 2.24) is 5.32 Å². The van der Waals surface area contributed by atoms with Crippen LogP contribution in [0.5, 0.6) is 0 Å². The van der Waals surface area contributed by atoms with Gasteiger partial charge in [-0.3, -0.25) is 14.9 Å². The second-order valence-corrected chi connectivity index (χ2v) is 4.94. The Bertz CT molecular complexity index is 422. The van der Waals surface area contributed by atoms with Gasteiger partial charge in [0.1, 0.15) is 0 Å². The van der Waals surface area contributed by atoms with Crippen molar-refractivity contribution < 1.29 is 9.59 Å². The average molecular weight is 258 g/mol. The summed E-state index contributed by atoms with van der Waals surface area (Å²) < 4.78 is 0.940. The van der Waals surface area contributed by atoms with Crippen LogP contribution in [0.3, 0.4) is 0 Å². The number of hydrogen-bond donors (Lipinski definition) is 1. The molecule has 1 aromatic heterocycles. The summed E-state index contributed by atoms with van der Waals surface area (Å²) in [6.07, 6.45) is 1.32. The summed E-state index contributed by atoms with van der Waals surface area (Å²) >= 11 is 4.72. The fourth-order valence-corrected chi connectivity index (χ4v) is 2.45. The highest BCUT2D eigenvalue weighted by Gasteiger charge is 2.22. The lowest BCUT2D eigenvalue weighted by Gasteiger charge is -1.92. The van der Waals surface area contributed by atoms with Gasteiger partial charge in [-0.05, 0) is 28.1 Å². The van der Waals surface area contributed by atoms with Crippen molar-refractivity contribution in [3.63, 3.8) is 0 Å². The van der Waals surface area contributed by atoms with Crippen LogP contribution in [0.4, 0.5) is 0 Å². The third kappa shape index (κ3) is 1.57. The van der Waals surface area contributed by atoms with E-state index in [4.69, 9.17) is 0 Å². The van der Waals surface area contributed by atoms with Gasteiger partial charge >= 0.3 is 0 Å². The Kier molecular flexibility index (Phi) is 2.05. The van der Waals surface area contributed by atoms with Crippen molar-refractivity contribution in [3.8, 4) is 0 Å². The lowest BCUT2D eigenvalue weighted by Crippen LogP contribution is -2.21. The molecule has 0 bridgehead atoms. The third-order valence-electron chi connectivity index (χ3n) is 1.60. The van der Waals surface area contributed by atoms with E-state index in [0.717, 1.165) is 8.66 Å². The van der Waals surface area contributed by atoms with Gasteiger partial charge in [-0.15, -0.1) is 11.3 Å². The third-order valence-corrected chi connectivity index (χ3v) is 3.25. The first kappa shape index (κ1) is 8.65. The first-order valence-corrected chi connectivity index (χ1v) is 5.10. The van der Waals surface area contributed by atoms with Crippen molar-refractivity contribution >= 4 is 44.7 Å². The fourth-order valence-electron chi connectivity index (χ4n) is 1.05. The summed E-state index contributed by atoms with van der Waals surface area (Å²) in [5.41, 5.74) is 0.445. The maximum atomic E-state index is 11.2. The molecule has 1 aliphatic rings. The van der Waals surface area contributed by atoms with E-state index in [9.17, 15) is 9.59 Å². The predicted octanol–water partition coefficient (Wildman–Crippen LogP) is 1.55. The molecule has 0 saturated carbocycles. The smallest absolute Gasteiger partial charge is 0.259 e. The summed E-state index contributed by atoms with van der Waals surface area (Å²) in [5.74, 6) is -0.663. The standard InChI is InChI=1S/C8H4BrNO2S/c9-6-2-1-5(13-6)4-3-7(11)10-8(4)12/h1-3H,(H,10,11,12). The molecule has 3 nitrogen and oxygen atoms in total. The number of thiophene rings is 1. The van der Waals surface area contributed by atoms with Crippen LogP contribution in [0.2, 0.25) is 0 Å². The fraction of sp³-hybridized carbons (Fsp3) is 0. The Morgan fingerprint density at radius 1 is 1.31 bits per heavy atom. The van der Waals surface area contributed by atoms with E-state index in [-0.39, 0.29) is 11.8 Å². The molecule has 0 aliphatic carbocycles. The quantitative estimate of drug-likeness (QED) is 0.777. The lowest BCUT2D eigenvalue weighted by molar-refractivity contribution is -0.123. The Balaban J connectivity index is 2.42. The molecule has 2 amide bonds. The maximum absolute atomic E-state index is 11.2. The van der Waals surface area contributed by atoms with Gasteiger partial charge in [0.15, 0.2) is 0 Å². The number of hydrogen-bond acceptors (Lipinski definition) is 3. The Morgan fingerprint density at radius 3 is 2.54 bits per heavy atom. The van der Waals surface area contributed by atoms with Gasteiger partial charge in [-0.1, -0.05) is 0 Å². The second-order valence-electron chi connectivity index (χ2n) is 2.48. The molecular weight excluding hydrogens is 254 g/mol. The normalized spacial score (nSPS) is 15.9. The first-order chi connectivity index (χ1) is 6.16. The van der Waals surface area contributed by atoms with Crippen molar-refractivity contribution in [2.75, 3.05) is 0 Å². The minimum absolute atomic E-state index is 0.320. The van der Waals surface area contributed by atoms with Crippen LogP contribution >= 0.6 is 27.3 Å². The molecule has 0 unspecified atom stereocenters. The van der Waals surface area contributed by atoms with Crippen molar-refractivity contribution in [1.29, 1.82) is 0 Å². The number of rotatable bonds is 1. The van der Waals surface area contributed by atoms with Crippen LogP contribution < -0.4 is 5.32 Å². The molecular formula is C8H4BrNO2S. The molecule has 2 heterocycles. The van der Waals surface area contributed by atoms with Crippen LogP contribution in [-0.4, -0.2) is 11.8 Å². The maximum Gasteiger partial charge on any atom is 0.259 e. The van der Waals surface area contributed by atoms with E-state index >= 15 is 0 Å². The number of carbonyl (C=O) groups excluding carboxylic acids is 2. The topological polar surface area (TPSA) is 46.2 Å². The Labute approximate surface area is 86.6 Å². The van der Waals surface area contributed by atoms with Gasteiger partial charge in [0.05, 0.1) is 9.36 Å². The molecule has 5 heteroatoms. The van der Waals surface area contributed by atoms with Gasteiger partial charge in [-0.25, -0.2) is 0 Å². The molecule has 0 fully saturated rings. The molecule has 2 rings (SSSR count). The predicted molar refractivity (Wildman–Crippen MR) is 53.1 cm³/mol. The van der Waals surface area contributed by atoms with Gasteiger partial charge in [-0.2, -0.15) is 0 Å². The zero-order chi connectivity index (χ0) is 9.42. The molecule has 1 N–H and O–H groups in total. The number of nitrogens with one attached hydrogen (secondary N) is 1. The molecule has 0 aromatic carbocycles. The lowest BCUT2D eigenvalue weighted by atomic mass is 10.2. The summed E-state index contributed by atoms with van der Waals surface area (Å²) in [7, 11) is 0. The van der Waals surface area contributed by atoms with Crippen LogP contribution in [0.1, 0.15) is 4.88 Å². The minimum Gasteiger partial charge on any atom is -0.289 e. The molecule has 13 heavy (non-hydrogen) atoms. The number of carbonyl (C=O) groups is 2. The Hall–Kier alpha value is -0.940. The zero-order valence-electron chi connectivity index (χ0n) is 6.33. The van der Waals surface area contributed by atoms with Gasteiger partial charge < -0.3 is 0 Å². The Morgan fingerprint density at radius 2 is 2.08 bits per heavy atom. The van der Waals surface area contributed by atoms with E-state index in [2.05, 4.69) is 21.2 Å². The van der Waals surface area contributed by atoms with Crippen LogP contribution in [0.25, 0.3) is 5.57 Å². The highest BCUT2D eigenvalue weighted by Crippen LogP contribution is 2.29. The first-order valence-electron chi connectivity index (χ1n) is 3.49. The molecule has 1 aliphatic heterocycles. The van der Waals surface area contributed by atoms with Gasteiger partial charge in [0.25, 0.3) is 11.8 Å². The van der Waals surface area contributed by atoms with Crippen LogP contribution in [-0.2, 0) is 9.59 Å². The van der Waals surface area contributed by atoms with Crippen molar-refractivity contribution in [3.05, 3.63) is 26.9 Å². The minimum atomic E-state index is -0.343. The molecule has 66 valence electrons. The van der Waals surface area contributed by atoms with Gasteiger partial charge in [0, 0.05) is 11.0 Å². The van der Waals surface area contributed by atoms with E-state index in [1.807, 2.05) is 6.07 Å². The zero-order valence-corrected chi connectivity index (χ0v) is 8.74. The molecule has 0 saturated heterocycles.